The molecule has 0 aromatic rings. The molecule has 132 valence electrons. The molecule has 1 rings (SSSR count). The summed E-state index contributed by atoms with van der Waals surface area (Å²) in [6.07, 6.45) is -1.70. The van der Waals surface area contributed by atoms with Crippen molar-refractivity contribution in [2.45, 2.75) is 52.3 Å². The Labute approximate surface area is 137 Å². The third-order valence-electron chi connectivity index (χ3n) is 3.69. The number of hydrogen-bond acceptors (Lipinski definition) is 4. The van der Waals surface area contributed by atoms with Crippen LogP contribution in [0.1, 0.15) is 34.6 Å². The van der Waals surface area contributed by atoms with Crippen LogP contribution in [-0.2, 0) is 9.53 Å². The van der Waals surface area contributed by atoms with Crippen molar-refractivity contribution >= 4 is 18.1 Å². The molecule has 8 heteroatoms. The van der Waals surface area contributed by atoms with Crippen molar-refractivity contribution in [3.05, 3.63) is 0 Å². The summed E-state index contributed by atoms with van der Waals surface area (Å²) in [6.45, 7) is 9.24. The number of likely N-dealkylation sites (N-methyl/N-ethyl adjacent to an activating group) is 1. The summed E-state index contributed by atoms with van der Waals surface area (Å²) in [7, 11) is 1.62. The molecular formula is C15H27N3O5. The van der Waals surface area contributed by atoms with E-state index in [0.717, 1.165) is 4.90 Å². The Morgan fingerprint density at radius 2 is 1.78 bits per heavy atom. The van der Waals surface area contributed by atoms with E-state index in [4.69, 9.17) is 4.74 Å². The Hall–Kier alpha value is -1.99. The highest BCUT2D eigenvalue weighted by Crippen LogP contribution is 2.17. The van der Waals surface area contributed by atoms with Crippen LogP contribution >= 0.6 is 0 Å². The van der Waals surface area contributed by atoms with Crippen molar-refractivity contribution < 1.29 is 24.2 Å². The molecule has 1 aliphatic heterocycles. The van der Waals surface area contributed by atoms with Gasteiger partial charge in [-0.2, -0.15) is 0 Å². The Balaban J connectivity index is 2.91. The quantitative estimate of drug-likeness (QED) is 0.828. The second kappa shape index (κ2) is 7.06. The second-order valence-corrected chi connectivity index (χ2v) is 6.96. The number of carbonyl (C=O) groups is 3. The molecule has 1 fully saturated rings. The second-order valence-electron chi connectivity index (χ2n) is 6.96. The summed E-state index contributed by atoms with van der Waals surface area (Å²) in [5, 5.41) is 9.31. The van der Waals surface area contributed by atoms with E-state index in [-0.39, 0.29) is 31.6 Å². The number of carboxylic acid groups (broad SMARTS) is 1. The van der Waals surface area contributed by atoms with Gasteiger partial charge in [0.15, 0.2) is 0 Å². The Kier molecular flexibility index (Phi) is 5.85. The largest absolute Gasteiger partial charge is 0.465 e. The average molecular weight is 329 g/mol. The maximum absolute atomic E-state index is 12.5. The van der Waals surface area contributed by atoms with E-state index in [1.54, 1.807) is 27.8 Å². The lowest BCUT2D eigenvalue weighted by Gasteiger charge is -2.41. The molecule has 0 saturated carbocycles. The van der Waals surface area contributed by atoms with E-state index >= 15 is 0 Å². The molecule has 1 aliphatic rings. The Bertz CT molecular complexity index is 472. The van der Waals surface area contributed by atoms with Gasteiger partial charge in [-0.05, 0) is 34.6 Å². The molecule has 1 N–H and O–H groups in total. The van der Waals surface area contributed by atoms with Gasteiger partial charge in [-0.15, -0.1) is 0 Å². The number of ether oxygens (including phenoxy) is 1. The van der Waals surface area contributed by atoms with Crippen LogP contribution in [0.4, 0.5) is 9.59 Å². The van der Waals surface area contributed by atoms with Crippen LogP contribution in [0, 0.1) is 0 Å². The average Bonchev–Trinajstić information content (AvgIpc) is 2.42. The molecule has 0 aromatic carbocycles. The molecule has 1 atom stereocenters. The Morgan fingerprint density at radius 3 is 2.22 bits per heavy atom. The van der Waals surface area contributed by atoms with Gasteiger partial charge in [-0.25, -0.2) is 9.59 Å². The van der Waals surface area contributed by atoms with Gasteiger partial charge in [0.05, 0.1) is 6.54 Å². The minimum absolute atomic E-state index is 0.00287. The van der Waals surface area contributed by atoms with Gasteiger partial charge in [0, 0.05) is 26.2 Å². The molecule has 1 unspecified atom stereocenters. The number of piperazine rings is 1. The minimum Gasteiger partial charge on any atom is -0.465 e. The van der Waals surface area contributed by atoms with Crippen molar-refractivity contribution in [2.24, 2.45) is 0 Å². The van der Waals surface area contributed by atoms with Gasteiger partial charge in [0.2, 0.25) is 5.91 Å². The van der Waals surface area contributed by atoms with Crippen LogP contribution in [0.5, 0.6) is 0 Å². The smallest absolute Gasteiger partial charge is 0.410 e. The molecule has 1 heterocycles. The number of nitrogens with zero attached hydrogens (tertiary/aromatic N) is 3. The van der Waals surface area contributed by atoms with Gasteiger partial charge in [0.25, 0.3) is 0 Å². The molecule has 0 radical (unpaired) electrons. The monoisotopic (exact) mass is 329 g/mol. The van der Waals surface area contributed by atoms with E-state index in [2.05, 4.69) is 0 Å². The van der Waals surface area contributed by atoms with Crippen LogP contribution < -0.4 is 0 Å². The lowest BCUT2D eigenvalue weighted by atomic mass is 10.1. The number of rotatable bonds is 2. The number of hydrogen-bond donors (Lipinski definition) is 1. The SMILES string of the molecule is CC(C)N(C)C(=O)C1CN(C(=O)OC(C)(C)C)CCN1C(=O)O. The predicted molar refractivity (Wildman–Crippen MR) is 84.2 cm³/mol. The van der Waals surface area contributed by atoms with Crippen molar-refractivity contribution in [2.75, 3.05) is 26.7 Å². The normalized spacial score (nSPS) is 18.8. The van der Waals surface area contributed by atoms with Crippen molar-refractivity contribution in [1.29, 1.82) is 0 Å². The molecular weight excluding hydrogens is 302 g/mol. The summed E-state index contributed by atoms with van der Waals surface area (Å²) in [5.74, 6) is -0.323. The molecule has 23 heavy (non-hydrogen) atoms. The standard InChI is InChI=1S/C15H27N3O5/c1-10(2)16(6)12(19)11-9-17(7-8-18(11)13(20)21)14(22)23-15(3,4)5/h10-11H,7-9H2,1-6H3,(H,20,21). The third-order valence-corrected chi connectivity index (χ3v) is 3.69. The minimum atomic E-state index is -1.16. The maximum atomic E-state index is 12.5. The molecule has 1 saturated heterocycles. The van der Waals surface area contributed by atoms with Crippen molar-refractivity contribution in [1.82, 2.24) is 14.7 Å². The highest BCUT2D eigenvalue weighted by atomic mass is 16.6. The molecule has 0 aromatic heterocycles. The van der Waals surface area contributed by atoms with Crippen molar-refractivity contribution in [3.8, 4) is 0 Å². The van der Waals surface area contributed by atoms with E-state index in [9.17, 15) is 19.5 Å². The first-order valence-electron chi connectivity index (χ1n) is 7.68. The van der Waals surface area contributed by atoms with Gasteiger partial charge < -0.3 is 19.6 Å². The lowest BCUT2D eigenvalue weighted by Crippen LogP contribution is -2.62. The van der Waals surface area contributed by atoms with Crippen LogP contribution in [0.25, 0.3) is 0 Å². The zero-order chi connectivity index (χ0) is 17.9. The topological polar surface area (TPSA) is 90.4 Å². The van der Waals surface area contributed by atoms with Crippen LogP contribution in [-0.4, -0.2) is 82.3 Å². The van der Waals surface area contributed by atoms with Crippen LogP contribution in [0.15, 0.2) is 0 Å². The van der Waals surface area contributed by atoms with E-state index < -0.39 is 23.8 Å². The fourth-order valence-electron chi connectivity index (χ4n) is 2.21. The number of amides is 3. The molecule has 0 spiro atoms. The Morgan fingerprint density at radius 1 is 1.22 bits per heavy atom. The van der Waals surface area contributed by atoms with E-state index in [0.29, 0.717) is 0 Å². The third kappa shape index (κ3) is 5.01. The zero-order valence-electron chi connectivity index (χ0n) is 14.7. The first kappa shape index (κ1) is 19.1. The molecule has 0 aliphatic carbocycles. The van der Waals surface area contributed by atoms with Gasteiger partial charge in [-0.3, -0.25) is 9.69 Å². The fraction of sp³-hybridized carbons (Fsp3) is 0.800. The summed E-state index contributed by atoms with van der Waals surface area (Å²) >= 11 is 0. The first-order chi connectivity index (χ1) is 10.4. The summed E-state index contributed by atoms with van der Waals surface area (Å²) in [5.41, 5.74) is -0.644. The van der Waals surface area contributed by atoms with Crippen LogP contribution in [0.2, 0.25) is 0 Å². The maximum Gasteiger partial charge on any atom is 0.410 e. The molecule has 8 nitrogen and oxygen atoms in total. The molecule has 3 amide bonds. The van der Waals surface area contributed by atoms with Crippen molar-refractivity contribution in [3.63, 3.8) is 0 Å². The van der Waals surface area contributed by atoms with Crippen LogP contribution in [0.3, 0.4) is 0 Å². The van der Waals surface area contributed by atoms with Gasteiger partial charge >= 0.3 is 12.2 Å². The zero-order valence-corrected chi connectivity index (χ0v) is 14.7. The molecule has 0 bridgehead atoms. The summed E-state index contributed by atoms with van der Waals surface area (Å²) in [4.78, 5) is 40.1. The number of carbonyl (C=O) groups excluding carboxylic acids is 2. The van der Waals surface area contributed by atoms with E-state index in [1.807, 2.05) is 13.8 Å². The lowest BCUT2D eigenvalue weighted by molar-refractivity contribution is -0.138. The summed E-state index contributed by atoms with van der Waals surface area (Å²) < 4.78 is 5.31. The van der Waals surface area contributed by atoms with Gasteiger partial charge in [0.1, 0.15) is 11.6 Å². The predicted octanol–water partition coefficient (Wildman–Crippen LogP) is 1.45. The highest BCUT2D eigenvalue weighted by Gasteiger charge is 2.39. The van der Waals surface area contributed by atoms with Gasteiger partial charge in [-0.1, -0.05) is 0 Å². The fourth-order valence-corrected chi connectivity index (χ4v) is 2.21. The van der Waals surface area contributed by atoms with E-state index in [1.165, 1.54) is 9.80 Å². The first-order valence-corrected chi connectivity index (χ1v) is 7.68. The highest BCUT2D eigenvalue weighted by molar-refractivity contribution is 5.86. The summed E-state index contributed by atoms with van der Waals surface area (Å²) in [6, 6.07) is -0.976.